The van der Waals surface area contributed by atoms with Crippen molar-refractivity contribution >= 4 is 17.7 Å². The van der Waals surface area contributed by atoms with Crippen molar-refractivity contribution in [1.82, 2.24) is 15.1 Å². The molecule has 2 atom stereocenters. The van der Waals surface area contributed by atoms with Gasteiger partial charge in [0.15, 0.2) is 0 Å². The highest BCUT2D eigenvalue weighted by Crippen LogP contribution is 2.29. The molecule has 1 saturated heterocycles. The van der Waals surface area contributed by atoms with Crippen LogP contribution in [0.25, 0.3) is 0 Å². The Bertz CT molecular complexity index is 1080. The second kappa shape index (κ2) is 10.5. The van der Waals surface area contributed by atoms with Gasteiger partial charge in [0.1, 0.15) is 6.04 Å². The van der Waals surface area contributed by atoms with Crippen molar-refractivity contribution in [3.05, 3.63) is 70.8 Å². The second-order valence-corrected chi connectivity index (χ2v) is 9.27. The Morgan fingerprint density at radius 3 is 2.23 bits per heavy atom. The highest BCUT2D eigenvalue weighted by atomic mass is 19.4. The molecule has 1 fully saturated rings. The van der Waals surface area contributed by atoms with E-state index in [1.54, 1.807) is 35.8 Å². The van der Waals surface area contributed by atoms with Crippen molar-refractivity contribution in [2.24, 2.45) is 5.92 Å². The molecule has 2 aromatic rings. The van der Waals surface area contributed by atoms with Crippen LogP contribution in [-0.2, 0) is 11.0 Å². The monoisotopic (exact) mass is 489 g/mol. The van der Waals surface area contributed by atoms with Gasteiger partial charge in [-0.25, -0.2) is 0 Å². The van der Waals surface area contributed by atoms with Gasteiger partial charge in [0, 0.05) is 36.8 Å². The number of carbonyl (C=O) groups is 3. The topological polar surface area (TPSA) is 69.7 Å². The van der Waals surface area contributed by atoms with Crippen molar-refractivity contribution in [2.75, 3.05) is 19.6 Å². The van der Waals surface area contributed by atoms with Gasteiger partial charge in [-0.1, -0.05) is 37.6 Å². The Labute approximate surface area is 203 Å². The van der Waals surface area contributed by atoms with Crippen molar-refractivity contribution in [3.8, 4) is 0 Å². The van der Waals surface area contributed by atoms with E-state index in [1.807, 2.05) is 26.0 Å². The number of hydrogen-bond acceptors (Lipinski definition) is 3. The van der Waals surface area contributed by atoms with Gasteiger partial charge in [-0.15, -0.1) is 0 Å². The van der Waals surface area contributed by atoms with Crippen molar-refractivity contribution in [2.45, 2.75) is 46.0 Å². The van der Waals surface area contributed by atoms with Crippen molar-refractivity contribution < 1.29 is 27.6 Å². The van der Waals surface area contributed by atoms with Crippen LogP contribution in [0.4, 0.5) is 13.2 Å². The van der Waals surface area contributed by atoms with E-state index in [4.69, 9.17) is 0 Å². The van der Waals surface area contributed by atoms with E-state index >= 15 is 0 Å². The van der Waals surface area contributed by atoms with E-state index in [-0.39, 0.29) is 29.3 Å². The highest BCUT2D eigenvalue weighted by molar-refractivity contribution is 5.98. The lowest BCUT2D eigenvalue weighted by Gasteiger charge is -2.41. The van der Waals surface area contributed by atoms with E-state index in [9.17, 15) is 27.6 Å². The number of nitrogens with zero attached hydrogens (tertiary/aromatic N) is 2. The van der Waals surface area contributed by atoms with E-state index in [1.165, 1.54) is 6.07 Å². The molecule has 0 radical (unpaired) electrons. The fourth-order valence-corrected chi connectivity index (χ4v) is 4.09. The number of nitrogens with one attached hydrogen (secondary N) is 1. The first-order valence-corrected chi connectivity index (χ1v) is 11.5. The first-order valence-electron chi connectivity index (χ1n) is 11.5. The van der Waals surface area contributed by atoms with Crippen LogP contribution in [0.2, 0.25) is 0 Å². The Hall–Kier alpha value is -3.36. The molecule has 0 aromatic heterocycles. The summed E-state index contributed by atoms with van der Waals surface area (Å²) in [4.78, 5) is 42.2. The number of benzene rings is 2. The third kappa shape index (κ3) is 6.21. The maximum Gasteiger partial charge on any atom is 0.416 e. The SMILES string of the molecule is Cc1ccc(C(=O)N2CCN(C(=O)C(NC(=O)c3cccc(C(F)(F)F)c3)C(C)C)CC2C)cc1. The van der Waals surface area contributed by atoms with E-state index in [2.05, 4.69) is 5.32 Å². The molecule has 9 heteroatoms. The molecule has 0 saturated carbocycles. The van der Waals surface area contributed by atoms with Crippen LogP contribution in [0.15, 0.2) is 48.5 Å². The lowest BCUT2D eigenvalue weighted by Crippen LogP contribution is -2.59. The molecule has 2 aromatic carbocycles. The van der Waals surface area contributed by atoms with Crippen LogP contribution in [0, 0.1) is 12.8 Å². The summed E-state index contributed by atoms with van der Waals surface area (Å²) in [6.07, 6.45) is -4.57. The summed E-state index contributed by atoms with van der Waals surface area (Å²) < 4.78 is 39.1. The Kier molecular flexibility index (Phi) is 7.87. The molecule has 3 rings (SSSR count). The summed E-state index contributed by atoms with van der Waals surface area (Å²) in [7, 11) is 0. The van der Waals surface area contributed by atoms with Gasteiger partial charge in [0.25, 0.3) is 11.8 Å². The third-order valence-corrected chi connectivity index (χ3v) is 6.17. The number of carbonyl (C=O) groups excluding carboxylic acids is 3. The van der Waals surface area contributed by atoms with Crippen LogP contribution < -0.4 is 5.32 Å². The lowest BCUT2D eigenvalue weighted by molar-refractivity contribution is -0.138. The average Bonchev–Trinajstić information content (AvgIpc) is 2.81. The normalized spacial score (nSPS) is 17.3. The molecular weight excluding hydrogens is 459 g/mol. The lowest BCUT2D eigenvalue weighted by atomic mass is 10.0. The van der Waals surface area contributed by atoms with E-state index in [0.29, 0.717) is 25.2 Å². The molecule has 1 aliphatic rings. The van der Waals surface area contributed by atoms with Crippen LogP contribution in [0.5, 0.6) is 0 Å². The number of aryl methyl sites for hydroxylation is 1. The van der Waals surface area contributed by atoms with Crippen LogP contribution in [0.1, 0.15) is 52.6 Å². The summed E-state index contributed by atoms with van der Waals surface area (Å²) in [6.45, 7) is 8.25. The number of rotatable bonds is 5. The fraction of sp³-hybridized carbons (Fsp3) is 0.423. The first kappa shape index (κ1) is 26.2. The molecule has 0 aliphatic carbocycles. The van der Waals surface area contributed by atoms with Crippen LogP contribution in [-0.4, -0.2) is 59.2 Å². The van der Waals surface area contributed by atoms with Gasteiger partial charge in [-0.05, 0) is 50.1 Å². The number of halogens is 3. The molecule has 2 unspecified atom stereocenters. The molecule has 0 bridgehead atoms. The molecule has 1 aliphatic heterocycles. The van der Waals surface area contributed by atoms with E-state index < -0.39 is 23.7 Å². The molecule has 3 amide bonds. The number of alkyl halides is 3. The summed E-state index contributed by atoms with van der Waals surface area (Å²) in [6, 6.07) is 10.3. The van der Waals surface area contributed by atoms with Gasteiger partial charge in [-0.2, -0.15) is 13.2 Å². The van der Waals surface area contributed by atoms with Gasteiger partial charge in [0.2, 0.25) is 5.91 Å². The van der Waals surface area contributed by atoms with Crippen LogP contribution >= 0.6 is 0 Å². The fourth-order valence-electron chi connectivity index (χ4n) is 4.09. The van der Waals surface area contributed by atoms with Gasteiger partial charge in [-0.3, -0.25) is 14.4 Å². The van der Waals surface area contributed by atoms with E-state index in [0.717, 1.165) is 23.8 Å². The maximum atomic E-state index is 13.3. The average molecular weight is 490 g/mol. The Balaban J connectivity index is 1.68. The predicted octanol–water partition coefficient (Wildman–Crippen LogP) is 4.14. The minimum Gasteiger partial charge on any atom is -0.340 e. The third-order valence-electron chi connectivity index (χ3n) is 6.17. The summed E-state index contributed by atoms with van der Waals surface area (Å²) in [5.74, 6) is -1.47. The summed E-state index contributed by atoms with van der Waals surface area (Å²) >= 11 is 0. The van der Waals surface area contributed by atoms with Crippen LogP contribution in [0.3, 0.4) is 0 Å². The number of amides is 3. The molecule has 1 N–H and O–H groups in total. The highest BCUT2D eigenvalue weighted by Gasteiger charge is 2.35. The second-order valence-electron chi connectivity index (χ2n) is 9.27. The molecule has 6 nitrogen and oxygen atoms in total. The molecule has 188 valence electrons. The molecule has 35 heavy (non-hydrogen) atoms. The summed E-state index contributed by atoms with van der Waals surface area (Å²) in [5.41, 5.74) is 0.536. The standard InChI is InChI=1S/C26H30F3N3O3/c1-16(2)22(30-23(33)20-6-5-7-21(14-20)26(27,28)29)25(35)31-12-13-32(18(4)15-31)24(34)19-10-8-17(3)9-11-19/h5-11,14,16,18,22H,12-13,15H2,1-4H3,(H,30,33). The quantitative estimate of drug-likeness (QED) is 0.687. The van der Waals surface area contributed by atoms with Gasteiger partial charge >= 0.3 is 6.18 Å². The van der Waals surface area contributed by atoms with Crippen molar-refractivity contribution in [3.63, 3.8) is 0 Å². The maximum absolute atomic E-state index is 13.3. The minimum absolute atomic E-state index is 0.108. The number of piperazine rings is 1. The smallest absolute Gasteiger partial charge is 0.340 e. The zero-order chi connectivity index (χ0) is 25.9. The Morgan fingerprint density at radius 2 is 1.66 bits per heavy atom. The molecule has 0 spiro atoms. The summed E-state index contributed by atoms with van der Waals surface area (Å²) in [5, 5.41) is 2.61. The molecule has 1 heterocycles. The largest absolute Gasteiger partial charge is 0.416 e. The van der Waals surface area contributed by atoms with Gasteiger partial charge in [0.05, 0.1) is 5.56 Å². The zero-order valence-corrected chi connectivity index (χ0v) is 20.2. The predicted molar refractivity (Wildman–Crippen MR) is 126 cm³/mol. The first-order chi connectivity index (χ1) is 16.4. The minimum atomic E-state index is -4.57. The van der Waals surface area contributed by atoms with Gasteiger partial charge < -0.3 is 15.1 Å². The Morgan fingerprint density at radius 1 is 1.00 bits per heavy atom. The van der Waals surface area contributed by atoms with Crippen molar-refractivity contribution in [1.29, 1.82) is 0 Å². The number of hydrogen-bond donors (Lipinski definition) is 1. The zero-order valence-electron chi connectivity index (χ0n) is 20.2. The molecular formula is C26H30F3N3O3.